The van der Waals surface area contributed by atoms with E-state index in [-0.39, 0.29) is 11.5 Å². The zero-order valence-corrected chi connectivity index (χ0v) is 12.8. The van der Waals surface area contributed by atoms with Gasteiger partial charge in [-0.3, -0.25) is 20.7 Å². The van der Waals surface area contributed by atoms with Crippen molar-refractivity contribution in [3.05, 3.63) is 71.5 Å². The lowest BCUT2D eigenvalue weighted by Gasteiger charge is -2.10. The molecule has 3 aromatic rings. The molecule has 1 aromatic carbocycles. The molecule has 2 heterocycles. The van der Waals surface area contributed by atoms with Gasteiger partial charge in [-0.25, -0.2) is 4.39 Å². The summed E-state index contributed by atoms with van der Waals surface area (Å²) in [4.78, 5) is 13.1. The third kappa shape index (κ3) is 3.46. The molecule has 0 unspecified atom stereocenters. The Balaban J connectivity index is 1.61. The van der Waals surface area contributed by atoms with Crippen molar-refractivity contribution in [2.75, 3.05) is 0 Å². The van der Waals surface area contributed by atoms with Crippen molar-refractivity contribution >= 4 is 22.9 Å². The zero-order valence-electron chi connectivity index (χ0n) is 12.0. The van der Waals surface area contributed by atoms with Crippen LogP contribution in [0.1, 0.15) is 16.1 Å². The van der Waals surface area contributed by atoms with Crippen LogP contribution in [-0.4, -0.2) is 16.1 Å². The number of aromatic nitrogens is 2. The number of H-pyrrole nitrogens is 1. The molecule has 0 saturated carbocycles. The molecule has 0 spiro atoms. The van der Waals surface area contributed by atoms with Crippen LogP contribution < -0.4 is 10.9 Å². The number of carbonyl (C=O) groups is 1. The number of hydrogen-bond acceptors (Lipinski definition) is 4. The number of carbonyl (C=O) groups excluding carboxylic acids is 1. The van der Waals surface area contributed by atoms with Crippen LogP contribution in [0.4, 0.5) is 4.39 Å². The highest BCUT2D eigenvalue weighted by molar-refractivity contribution is 7.13. The molecule has 3 N–H and O–H groups in total. The summed E-state index contributed by atoms with van der Waals surface area (Å²) in [5, 5.41) is 8.76. The van der Waals surface area contributed by atoms with Gasteiger partial charge in [-0.05, 0) is 47.3 Å². The van der Waals surface area contributed by atoms with Gasteiger partial charge in [0.05, 0.1) is 16.3 Å². The van der Waals surface area contributed by atoms with E-state index >= 15 is 0 Å². The Kier molecular flexibility index (Phi) is 4.20. The van der Waals surface area contributed by atoms with Gasteiger partial charge < -0.3 is 0 Å². The number of aromatic amines is 1. The zero-order chi connectivity index (χ0) is 16.2. The summed E-state index contributed by atoms with van der Waals surface area (Å²) < 4.78 is 12.9. The largest absolute Gasteiger partial charge is 0.298 e. The fourth-order valence-corrected chi connectivity index (χ4v) is 2.61. The van der Waals surface area contributed by atoms with Crippen LogP contribution in [0.15, 0.2) is 54.4 Å². The van der Waals surface area contributed by atoms with Gasteiger partial charge in [0.15, 0.2) is 5.69 Å². The van der Waals surface area contributed by atoms with E-state index in [1.807, 2.05) is 17.5 Å². The summed E-state index contributed by atoms with van der Waals surface area (Å²) >= 11 is 1.55. The first-order chi connectivity index (χ1) is 11.1. The van der Waals surface area contributed by atoms with Crippen molar-refractivity contribution < 1.29 is 9.18 Å². The van der Waals surface area contributed by atoms with Gasteiger partial charge in [-0.1, -0.05) is 12.6 Å². The summed E-state index contributed by atoms with van der Waals surface area (Å²) in [6.07, 6.45) is 0. The number of benzene rings is 1. The summed E-state index contributed by atoms with van der Waals surface area (Å²) in [6.45, 7) is 3.79. The average Bonchev–Trinajstić information content (AvgIpc) is 3.23. The highest BCUT2D eigenvalue weighted by Gasteiger charge is 2.12. The van der Waals surface area contributed by atoms with Crippen molar-refractivity contribution in [2.24, 2.45) is 0 Å². The second kappa shape index (κ2) is 6.45. The lowest BCUT2D eigenvalue weighted by atomic mass is 10.2. The molecular formula is C16H13FN4OS. The van der Waals surface area contributed by atoms with E-state index in [0.29, 0.717) is 11.3 Å². The molecule has 5 nitrogen and oxygen atoms in total. The van der Waals surface area contributed by atoms with Crippen LogP contribution in [-0.2, 0) is 0 Å². The van der Waals surface area contributed by atoms with E-state index in [4.69, 9.17) is 0 Å². The molecule has 0 aliphatic carbocycles. The van der Waals surface area contributed by atoms with Crippen molar-refractivity contribution in [1.29, 1.82) is 0 Å². The molecule has 1 amide bonds. The Bertz CT molecular complexity index is 824. The van der Waals surface area contributed by atoms with E-state index in [9.17, 15) is 9.18 Å². The third-order valence-corrected chi connectivity index (χ3v) is 4.02. The predicted octanol–water partition coefficient (Wildman–Crippen LogP) is 3.18. The number of hydrogen-bond donors (Lipinski definition) is 3. The van der Waals surface area contributed by atoms with Gasteiger partial charge in [0, 0.05) is 0 Å². The Morgan fingerprint density at radius 3 is 2.70 bits per heavy atom. The fraction of sp³-hybridized carbons (Fsp3) is 0. The molecule has 0 atom stereocenters. The molecule has 0 aliphatic heterocycles. The maximum atomic E-state index is 12.9. The minimum Gasteiger partial charge on any atom is -0.298 e. The number of halogens is 1. The highest BCUT2D eigenvalue weighted by atomic mass is 32.1. The molecule has 0 radical (unpaired) electrons. The van der Waals surface area contributed by atoms with Crippen LogP contribution in [0.2, 0.25) is 0 Å². The maximum absolute atomic E-state index is 12.9. The molecule has 116 valence electrons. The van der Waals surface area contributed by atoms with E-state index in [1.165, 1.54) is 12.1 Å². The second-order valence-corrected chi connectivity index (χ2v) is 5.66. The molecular weight excluding hydrogens is 315 g/mol. The Morgan fingerprint density at radius 1 is 1.22 bits per heavy atom. The third-order valence-electron chi connectivity index (χ3n) is 3.12. The van der Waals surface area contributed by atoms with Gasteiger partial charge >= 0.3 is 0 Å². The molecule has 0 bridgehead atoms. The topological polar surface area (TPSA) is 69.8 Å². The summed E-state index contributed by atoms with van der Waals surface area (Å²) in [6, 6.07) is 11.3. The first-order valence-corrected chi connectivity index (χ1v) is 7.62. The molecule has 0 fully saturated rings. The van der Waals surface area contributed by atoms with Crippen molar-refractivity contribution in [1.82, 2.24) is 21.0 Å². The predicted molar refractivity (Wildman–Crippen MR) is 87.9 cm³/mol. The van der Waals surface area contributed by atoms with E-state index < -0.39 is 5.91 Å². The summed E-state index contributed by atoms with van der Waals surface area (Å²) in [7, 11) is 0. The van der Waals surface area contributed by atoms with Crippen molar-refractivity contribution in [2.45, 2.75) is 0 Å². The number of rotatable bonds is 5. The smallest absolute Gasteiger partial charge is 0.290 e. The van der Waals surface area contributed by atoms with Crippen LogP contribution in [0.3, 0.4) is 0 Å². The highest BCUT2D eigenvalue weighted by Crippen LogP contribution is 2.22. The number of nitrogens with zero attached hydrogens (tertiary/aromatic N) is 1. The first-order valence-electron chi connectivity index (χ1n) is 6.74. The van der Waals surface area contributed by atoms with Crippen LogP contribution in [0, 0.1) is 5.82 Å². The normalized spacial score (nSPS) is 10.3. The van der Waals surface area contributed by atoms with Crippen LogP contribution >= 0.6 is 11.3 Å². The average molecular weight is 328 g/mol. The molecule has 7 heteroatoms. The van der Waals surface area contributed by atoms with Gasteiger partial charge in [0.25, 0.3) is 5.91 Å². The standard InChI is InChI=1S/C16H13FN4OS/c1-10(11-4-6-12(17)7-5-11)18-21-16(22)14-9-13(19-20-14)15-3-2-8-23-15/h2-9,18H,1H2,(H,19,20)(H,21,22). The van der Waals surface area contributed by atoms with Crippen LogP contribution in [0.25, 0.3) is 16.3 Å². The van der Waals surface area contributed by atoms with Crippen LogP contribution in [0.5, 0.6) is 0 Å². The molecule has 3 rings (SSSR count). The lowest BCUT2D eigenvalue weighted by Crippen LogP contribution is -2.36. The van der Waals surface area contributed by atoms with E-state index in [2.05, 4.69) is 27.6 Å². The summed E-state index contributed by atoms with van der Waals surface area (Å²) in [5.74, 6) is -0.726. The Morgan fingerprint density at radius 2 is 2.00 bits per heavy atom. The Hall–Kier alpha value is -2.93. The minimum absolute atomic E-state index is 0.257. The van der Waals surface area contributed by atoms with Crippen molar-refractivity contribution in [3.8, 4) is 10.6 Å². The van der Waals surface area contributed by atoms with E-state index in [1.54, 1.807) is 29.5 Å². The van der Waals surface area contributed by atoms with Crippen molar-refractivity contribution in [3.63, 3.8) is 0 Å². The molecule has 0 aliphatic rings. The number of hydrazine groups is 1. The number of amides is 1. The Labute approximate surface area is 135 Å². The number of nitrogens with one attached hydrogen (secondary N) is 3. The summed E-state index contributed by atoms with van der Waals surface area (Å²) in [5.41, 5.74) is 7.36. The van der Waals surface area contributed by atoms with Gasteiger partial charge in [-0.15, -0.1) is 11.3 Å². The lowest BCUT2D eigenvalue weighted by molar-refractivity contribution is 0.0937. The monoisotopic (exact) mass is 328 g/mol. The SMILES string of the molecule is C=C(NNC(=O)c1cc(-c2cccs2)[nH]n1)c1ccc(F)cc1. The quantitative estimate of drug-likeness (QED) is 0.630. The fourth-order valence-electron chi connectivity index (χ4n) is 1.92. The van der Waals surface area contributed by atoms with Gasteiger partial charge in [0.2, 0.25) is 0 Å². The van der Waals surface area contributed by atoms with E-state index in [0.717, 1.165) is 10.6 Å². The molecule has 23 heavy (non-hydrogen) atoms. The van der Waals surface area contributed by atoms with Gasteiger partial charge in [-0.2, -0.15) is 5.10 Å². The minimum atomic E-state index is -0.396. The molecule has 2 aromatic heterocycles. The van der Waals surface area contributed by atoms with Gasteiger partial charge in [0.1, 0.15) is 5.82 Å². The number of thiophene rings is 1. The first kappa shape index (κ1) is 15.0. The second-order valence-electron chi connectivity index (χ2n) is 4.71. The molecule has 0 saturated heterocycles. The maximum Gasteiger partial charge on any atom is 0.290 e.